The Kier molecular flexibility index (Phi) is 15.1. The minimum absolute atomic E-state index is 0. The summed E-state index contributed by atoms with van der Waals surface area (Å²) in [6.45, 7) is 11.3. The standard InChI is InChI=1S/2C12H8N2.2C12H14O4.Mn/c2*1-3-9-5-6-10-4-2-8-14-12(10)11(9)13-7-1;2*1-12(2,3)9-5-7(10(13)14)4-8(6-9)11(15)16;/h2*1-8H;2*4-6H,1-3H3,(H,13,14)(H,15,16);/q;;;;+2/p-2. The van der Waals surface area contributed by atoms with Gasteiger partial charge in [-0.15, -0.1) is 0 Å². The van der Waals surface area contributed by atoms with Gasteiger partial charge in [0.05, 0.1) is 45.1 Å². The van der Waals surface area contributed by atoms with Crippen molar-refractivity contribution in [2.45, 2.75) is 52.4 Å². The summed E-state index contributed by atoms with van der Waals surface area (Å²) in [6, 6.07) is 32.3. The van der Waals surface area contributed by atoms with Gasteiger partial charge in [-0.05, 0) is 93.7 Å². The van der Waals surface area contributed by atoms with E-state index in [2.05, 4.69) is 68.5 Å². The van der Waals surface area contributed by atoms with Crippen molar-refractivity contribution in [3.05, 3.63) is 167 Å². The number of carboxylic acids is 4. The van der Waals surface area contributed by atoms with Crippen LogP contribution < -0.4 is 10.2 Å². The summed E-state index contributed by atoms with van der Waals surface area (Å²) in [5.41, 5.74) is 4.32. The van der Waals surface area contributed by atoms with Gasteiger partial charge < -0.3 is 30.0 Å². The Morgan fingerprint density at radius 1 is 0.426 bits per heavy atom. The molecule has 8 aromatic rings. The Balaban J connectivity index is 0.000000178. The average Bonchev–Trinajstić information content (AvgIpc) is 3.23. The van der Waals surface area contributed by atoms with E-state index >= 15 is 0 Å². The monoisotopic (exact) mass is 857 g/mol. The molecule has 0 saturated carbocycles. The number of nitrogens with zero attached hydrogens (tertiary/aromatic N) is 4. The Labute approximate surface area is 362 Å². The zero-order valence-corrected chi connectivity index (χ0v) is 35.4. The number of aromatic nitrogens is 4. The predicted molar refractivity (Wildman–Crippen MR) is 227 cm³/mol. The van der Waals surface area contributed by atoms with Crippen LogP contribution in [0.1, 0.15) is 94.1 Å². The molecular formula is C48H42MnN4O8. The zero-order chi connectivity index (χ0) is 43.8. The molecule has 8 rings (SSSR count). The second-order valence-electron chi connectivity index (χ2n) is 15.7. The van der Waals surface area contributed by atoms with E-state index in [0.717, 1.165) is 55.7 Å². The maximum atomic E-state index is 10.8. The molecule has 0 unspecified atom stereocenters. The molecule has 2 N–H and O–H groups in total. The van der Waals surface area contributed by atoms with E-state index in [-0.39, 0.29) is 50.2 Å². The topological polar surface area (TPSA) is 206 Å². The number of carboxylic acid groups (broad SMARTS) is 4. The molecule has 4 aromatic heterocycles. The van der Waals surface area contributed by atoms with Gasteiger partial charge >= 0.3 is 29.0 Å². The van der Waals surface area contributed by atoms with Crippen LogP contribution in [0, 0.1) is 0 Å². The minimum Gasteiger partial charge on any atom is -0.545 e. The van der Waals surface area contributed by atoms with E-state index in [1.165, 1.54) is 24.3 Å². The Hall–Kier alpha value is -7.08. The molecule has 12 nitrogen and oxygen atoms in total. The van der Waals surface area contributed by atoms with Crippen LogP contribution in [-0.2, 0) is 27.9 Å². The Morgan fingerprint density at radius 3 is 0.885 bits per heavy atom. The zero-order valence-electron chi connectivity index (χ0n) is 34.2. The van der Waals surface area contributed by atoms with E-state index < -0.39 is 23.9 Å². The van der Waals surface area contributed by atoms with Crippen LogP contribution >= 0.6 is 0 Å². The van der Waals surface area contributed by atoms with Crippen LogP contribution in [0.15, 0.2) is 134 Å². The first-order valence-electron chi connectivity index (χ1n) is 18.7. The van der Waals surface area contributed by atoms with E-state index in [1.807, 2.05) is 65.8 Å². The van der Waals surface area contributed by atoms with Crippen molar-refractivity contribution < 1.29 is 56.7 Å². The van der Waals surface area contributed by atoms with Gasteiger partial charge in [-0.1, -0.05) is 90.1 Å². The predicted octanol–water partition coefficient (Wildman–Crippen LogP) is 7.66. The maximum absolute atomic E-state index is 10.8. The first kappa shape index (κ1) is 46.6. The maximum Gasteiger partial charge on any atom is 2.00 e. The molecule has 1 radical (unpaired) electrons. The summed E-state index contributed by atoms with van der Waals surface area (Å²) in [6.07, 6.45) is 7.21. The van der Waals surface area contributed by atoms with Crippen LogP contribution in [0.4, 0.5) is 0 Å². The van der Waals surface area contributed by atoms with Crippen LogP contribution in [-0.4, -0.2) is 54.0 Å². The summed E-state index contributed by atoms with van der Waals surface area (Å²) in [5, 5.41) is 43.8. The van der Waals surface area contributed by atoms with E-state index in [9.17, 15) is 29.4 Å². The number of pyridine rings is 4. The van der Waals surface area contributed by atoms with Crippen LogP contribution in [0.5, 0.6) is 0 Å². The molecule has 13 heteroatoms. The fraction of sp³-hybridized carbons (Fsp3) is 0.167. The number of rotatable bonds is 4. The van der Waals surface area contributed by atoms with E-state index in [4.69, 9.17) is 10.2 Å². The molecule has 309 valence electrons. The number of carbonyl (C=O) groups excluding carboxylic acids is 2. The van der Waals surface area contributed by atoms with Crippen molar-refractivity contribution in [1.82, 2.24) is 19.9 Å². The largest absolute Gasteiger partial charge is 2.00 e. The Morgan fingerprint density at radius 2 is 0.672 bits per heavy atom. The number of aromatic carboxylic acids is 4. The van der Waals surface area contributed by atoms with Crippen LogP contribution in [0.25, 0.3) is 43.6 Å². The molecule has 4 aromatic carbocycles. The van der Waals surface area contributed by atoms with Gasteiger partial charge in [0.2, 0.25) is 0 Å². The van der Waals surface area contributed by atoms with Gasteiger partial charge in [-0.2, -0.15) is 0 Å². The normalized spacial score (nSPS) is 10.9. The third-order valence-corrected chi connectivity index (χ3v) is 9.25. The molecule has 0 atom stereocenters. The van der Waals surface area contributed by atoms with Crippen molar-refractivity contribution in [3.8, 4) is 0 Å². The third kappa shape index (κ3) is 12.0. The minimum atomic E-state index is -1.37. The fourth-order valence-corrected chi connectivity index (χ4v) is 5.96. The first-order valence-corrected chi connectivity index (χ1v) is 18.7. The SMILES string of the molecule is CC(C)(C)c1cc(C(=O)[O-])cc(C(=O)O)c1.CC(C)(C)c1cc(C(=O)[O-])cc(C(=O)O)c1.[Mn+2].c1cnc2c(c1)ccc1cccnc12.c1cnc2c(c1)ccc1cccnc12. The van der Waals surface area contributed by atoms with Crippen molar-refractivity contribution in [2.24, 2.45) is 0 Å². The molecule has 0 fully saturated rings. The van der Waals surface area contributed by atoms with Gasteiger partial charge in [-0.25, -0.2) is 9.59 Å². The summed E-state index contributed by atoms with van der Waals surface area (Å²) in [5.74, 6) is -5.02. The molecule has 0 aliphatic heterocycles. The fourth-order valence-electron chi connectivity index (χ4n) is 5.96. The van der Waals surface area contributed by atoms with Crippen molar-refractivity contribution in [1.29, 1.82) is 0 Å². The molecule has 61 heavy (non-hydrogen) atoms. The Bertz CT molecular complexity index is 2520. The van der Waals surface area contributed by atoms with Crippen LogP contribution in [0.3, 0.4) is 0 Å². The number of carbonyl (C=O) groups is 4. The quantitative estimate of drug-likeness (QED) is 0.129. The molecule has 4 heterocycles. The number of benzene rings is 4. The van der Waals surface area contributed by atoms with Gasteiger partial charge in [0.1, 0.15) is 0 Å². The second-order valence-corrected chi connectivity index (χ2v) is 15.7. The van der Waals surface area contributed by atoms with E-state index in [0.29, 0.717) is 11.1 Å². The van der Waals surface area contributed by atoms with Crippen molar-refractivity contribution >= 4 is 67.5 Å². The number of hydrogen-bond acceptors (Lipinski definition) is 10. The van der Waals surface area contributed by atoms with Gasteiger partial charge in [0, 0.05) is 46.3 Å². The first-order chi connectivity index (χ1) is 28.3. The summed E-state index contributed by atoms with van der Waals surface area (Å²) in [4.78, 5) is 60.6. The molecule has 0 aliphatic rings. The van der Waals surface area contributed by atoms with Gasteiger partial charge in [-0.3, -0.25) is 19.9 Å². The van der Waals surface area contributed by atoms with Crippen molar-refractivity contribution in [2.75, 3.05) is 0 Å². The molecule has 0 saturated heterocycles. The molecule has 0 spiro atoms. The van der Waals surface area contributed by atoms with Gasteiger partial charge in [0.25, 0.3) is 0 Å². The van der Waals surface area contributed by atoms with Gasteiger partial charge in [0.15, 0.2) is 0 Å². The third-order valence-electron chi connectivity index (χ3n) is 9.25. The molecule has 0 amide bonds. The number of hydrogen-bond donors (Lipinski definition) is 2. The van der Waals surface area contributed by atoms with Crippen LogP contribution in [0.2, 0.25) is 0 Å². The summed E-state index contributed by atoms with van der Waals surface area (Å²) >= 11 is 0. The number of fused-ring (bicyclic) bond motifs is 6. The summed E-state index contributed by atoms with van der Waals surface area (Å²) in [7, 11) is 0. The molecule has 0 aliphatic carbocycles. The smallest absolute Gasteiger partial charge is 0.545 e. The molecule has 0 bridgehead atoms. The second kappa shape index (κ2) is 19.8. The van der Waals surface area contributed by atoms with Crippen molar-refractivity contribution in [3.63, 3.8) is 0 Å². The van der Waals surface area contributed by atoms with E-state index in [1.54, 1.807) is 24.8 Å². The molecular weight excluding hydrogens is 815 g/mol. The average molecular weight is 858 g/mol. The summed E-state index contributed by atoms with van der Waals surface area (Å²) < 4.78 is 0.